The molecule has 1 aromatic heterocycles. The summed E-state index contributed by atoms with van der Waals surface area (Å²) in [5.41, 5.74) is 1.52. The first-order valence-electron chi connectivity index (χ1n) is 8.66. The summed E-state index contributed by atoms with van der Waals surface area (Å²) in [6, 6.07) is 4.32. The average molecular weight is 398 g/mol. The maximum Gasteiger partial charge on any atom is 0.422 e. The number of carbonyl (C=O) groups is 1. The highest BCUT2D eigenvalue weighted by molar-refractivity contribution is 5.99. The van der Waals surface area contributed by atoms with Crippen molar-refractivity contribution in [2.24, 2.45) is 7.05 Å². The van der Waals surface area contributed by atoms with Crippen molar-refractivity contribution in [3.63, 3.8) is 0 Å². The molecule has 2 aromatic rings. The molecule has 1 saturated heterocycles. The minimum Gasteiger partial charge on any atom is -0.493 e. The summed E-state index contributed by atoms with van der Waals surface area (Å²) in [4.78, 5) is 14.2. The van der Waals surface area contributed by atoms with Crippen molar-refractivity contribution in [3.05, 3.63) is 36.2 Å². The molecular weight excluding hydrogens is 377 g/mol. The minimum absolute atomic E-state index is 0.0169. The summed E-state index contributed by atoms with van der Waals surface area (Å²) in [7, 11) is 3.15. The van der Waals surface area contributed by atoms with Gasteiger partial charge in [0.15, 0.2) is 18.1 Å². The molecule has 7 nitrogen and oxygen atoms in total. The molecule has 2 heterocycles. The molecule has 1 fully saturated rings. The summed E-state index contributed by atoms with van der Waals surface area (Å²) in [5, 5.41) is 7.26. The van der Waals surface area contributed by atoms with Gasteiger partial charge in [-0.15, -0.1) is 0 Å². The molecule has 10 heteroatoms. The third kappa shape index (κ3) is 4.75. The largest absolute Gasteiger partial charge is 0.493 e. The number of benzene rings is 1. The highest BCUT2D eigenvalue weighted by atomic mass is 19.4. The Balaban J connectivity index is 1.59. The molecule has 0 bridgehead atoms. The number of nitrogens with one attached hydrogen (secondary N) is 1. The number of hydrogen-bond donors (Lipinski definition) is 1. The van der Waals surface area contributed by atoms with E-state index in [1.54, 1.807) is 41.2 Å². The standard InChI is InChI=1S/C18H21F3N4O3/c1-24-10-13(9-23-24)25-6-5-14(17(25)26)22-8-12-3-4-15(16(7-12)27-2)28-11-18(19,20)21/h3-4,7,9-10,14,22H,5-6,8,11H2,1-2H3/t14-/m0/s1. The first-order valence-corrected chi connectivity index (χ1v) is 8.66. The molecule has 1 aliphatic heterocycles. The van der Waals surface area contributed by atoms with E-state index in [1.807, 2.05) is 0 Å². The first-order chi connectivity index (χ1) is 13.3. The van der Waals surface area contributed by atoms with Gasteiger partial charge < -0.3 is 19.7 Å². The number of hydrogen-bond acceptors (Lipinski definition) is 5. The molecule has 1 N–H and O–H groups in total. The molecule has 28 heavy (non-hydrogen) atoms. The van der Waals surface area contributed by atoms with E-state index in [9.17, 15) is 18.0 Å². The quantitative estimate of drug-likeness (QED) is 0.775. The Kier molecular flexibility index (Phi) is 5.78. The van der Waals surface area contributed by atoms with Crippen LogP contribution in [0.4, 0.5) is 18.9 Å². The Labute approximate surface area is 160 Å². The lowest BCUT2D eigenvalue weighted by Gasteiger charge is -2.16. The van der Waals surface area contributed by atoms with Crippen molar-refractivity contribution in [2.45, 2.75) is 25.2 Å². The molecule has 0 saturated carbocycles. The molecule has 1 aromatic carbocycles. The number of amides is 1. The van der Waals surface area contributed by atoms with E-state index >= 15 is 0 Å². The number of halogens is 3. The van der Waals surface area contributed by atoms with Crippen molar-refractivity contribution in [1.29, 1.82) is 0 Å². The van der Waals surface area contributed by atoms with Crippen LogP contribution in [0.25, 0.3) is 0 Å². The Morgan fingerprint density at radius 2 is 2.11 bits per heavy atom. The molecule has 152 valence electrons. The van der Waals surface area contributed by atoms with Crippen molar-refractivity contribution in [2.75, 3.05) is 25.2 Å². The minimum atomic E-state index is -4.42. The van der Waals surface area contributed by atoms with Crippen LogP contribution in [0.1, 0.15) is 12.0 Å². The second kappa shape index (κ2) is 8.09. The topological polar surface area (TPSA) is 68.6 Å². The van der Waals surface area contributed by atoms with Gasteiger partial charge in [-0.25, -0.2) is 0 Å². The monoisotopic (exact) mass is 398 g/mol. The SMILES string of the molecule is COc1cc(CN[C@H]2CCN(c3cnn(C)c3)C2=O)ccc1OCC(F)(F)F. The lowest BCUT2D eigenvalue weighted by atomic mass is 10.1. The van der Waals surface area contributed by atoms with Gasteiger partial charge in [0.1, 0.15) is 0 Å². The molecule has 1 aliphatic rings. The molecule has 0 unspecified atom stereocenters. The molecular formula is C18H21F3N4O3. The summed E-state index contributed by atoms with van der Waals surface area (Å²) in [6.07, 6.45) is -0.346. The third-order valence-corrected chi connectivity index (χ3v) is 4.38. The van der Waals surface area contributed by atoms with E-state index < -0.39 is 12.8 Å². The predicted molar refractivity (Wildman–Crippen MR) is 95.3 cm³/mol. The van der Waals surface area contributed by atoms with Crippen LogP contribution >= 0.6 is 0 Å². The third-order valence-electron chi connectivity index (χ3n) is 4.38. The van der Waals surface area contributed by atoms with Gasteiger partial charge in [0.25, 0.3) is 0 Å². The zero-order valence-electron chi connectivity index (χ0n) is 15.5. The van der Waals surface area contributed by atoms with E-state index in [4.69, 9.17) is 9.47 Å². The normalized spacial score (nSPS) is 17.2. The summed E-state index contributed by atoms with van der Waals surface area (Å²) < 4.78 is 48.5. The number of nitrogens with zero attached hydrogens (tertiary/aromatic N) is 3. The highest BCUT2D eigenvalue weighted by Crippen LogP contribution is 2.30. The lowest BCUT2D eigenvalue weighted by molar-refractivity contribution is -0.153. The Bertz CT molecular complexity index is 838. The van der Waals surface area contributed by atoms with E-state index in [0.717, 1.165) is 11.3 Å². The van der Waals surface area contributed by atoms with Crippen LogP contribution in [0.15, 0.2) is 30.6 Å². The van der Waals surface area contributed by atoms with Gasteiger partial charge in [-0.1, -0.05) is 6.07 Å². The van der Waals surface area contributed by atoms with Gasteiger partial charge in [-0.3, -0.25) is 9.48 Å². The Morgan fingerprint density at radius 3 is 2.75 bits per heavy atom. The number of methoxy groups -OCH3 is 1. The maximum atomic E-state index is 12.6. The van der Waals surface area contributed by atoms with Crippen LogP contribution < -0.4 is 19.7 Å². The summed E-state index contributed by atoms with van der Waals surface area (Å²) in [5.74, 6) is 0.187. The Hall–Kier alpha value is -2.75. The fourth-order valence-electron chi connectivity index (χ4n) is 3.02. The number of aromatic nitrogens is 2. The average Bonchev–Trinajstić information content (AvgIpc) is 3.23. The van der Waals surface area contributed by atoms with Crippen LogP contribution in [-0.4, -0.2) is 48.2 Å². The highest BCUT2D eigenvalue weighted by Gasteiger charge is 2.33. The molecule has 1 amide bonds. The van der Waals surface area contributed by atoms with Gasteiger partial charge in [-0.05, 0) is 24.1 Å². The number of carbonyl (C=O) groups excluding carboxylic acids is 1. The van der Waals surface area contributed by atoms with Gasteiger partial charge >= 0.3 is 6.18 Å². The van der Waals surface area contributed by atoms with Crippen molar-refractivity contribution >= 4 is 11.6 Å². The van der Waals surface area contributed by atoms with Crippen molar-refractivity contribution < 1.29 is 27.4 Å². The van der Waals surface area contributed by atoms with Gasteiger partial charge in [0, 0.05) is 26.3 Å². The van der Waals surface area contributed by atoms with Gasteiger partial charge in [0.05, 0.1) is 25.0 Å². The fraction of sp³-hybridized carbons (Fsp3) is 0.444. The van der Waals surface area contributed by atoms with Crippen molar-refractivity contribution in [3.8, 4) is 11.5 Å². The Morgan fingerprint density at radius 1 is 1.32 bits per heavy atom. The van der Waals surface area contributed by atoms with Gasteiger partial charge in [0.2, 0.25) is 5.91 Å². The lowest BCUT2D eigenvalue weighted by Crippen LogP contribution is -2.37. The van der Waals surface area contributed by atoms with E-state index in [1.165, 1.54) is 13.2 Å². The van der Waals surface area contributed by atoms with Crippen LogP contribution in [0.3, 0.4) is 0 Å². The zero-order chi connectivity index (χ0) is 20.3. The molecule has 0 radical (unpaired) electrons. The van der Waals surface area contributed by atoms with Crippen LogP contribution in [-0.2, 0) is 18.4 Å². The predicted octanol–water partition coefficient (Wildman–Crippen LogP) is 2.26. The summed E-state index contributed by atoms with van der Waals surface area (Å²) >= 11 is 0. The number of anilines is 1. The zero-order valence-corrected chi connectivity index (χ0v) is 15.5. The smallest absolute Gasteiger partial charge is 0.422 e. The van der Waals surface area contributed by atoms with E-state index in [2.05, 4.69) is 10.4 Å². The maximum absolute atomic E-state index is 12.6. The van der Waals surface area contributed by atoms with Crippen LogP contribution in [0, 0.1) is 0 Å². The molecule has 0 spiro atoms. The molecule has 1 atom stereocenters. The van der Waals surface area contributed by atoms with Crippen LogP contribution in [0.2, 0.25) is 0 Å². The molecule has 3 rings (SSSR count). The first kappa shape index (κ1) is 20.0. The van der Waals surface area contributed by atoms with E-state index in [0.29, 0.717) is 19.5 Å². The van der Waals surface area contributed by atoms with Crippen molar-refractivity contribution in [1.82, 2.24) is 15.1 Å². The number of alkyl halides is 3. The fourth-order valence-corrected chi connectivity index (χ4v) is 3.02. The van der Waals surface area contributed by atoms with Gasteiger partial charge in [-0.2, -0.15) is 18.3 Å². The van der Waals surface area contributed by atoms with Crippen LogP contribution in [0.5, 0.6) is 11.5 Å². The number of rotatable bonds is 7. The number of aryl methyl sites for hydroxylation is 1. The number of ether oxygens (including phenoxy) is 2. The second-order valence-corrected chi connectivity index (χ2v) is 6.47. The second-order valence-electron chi connectivity index (χ2n) is 6.47. The summed E-state index contributed by atoms with van der Waals surface area (Å²) in [6.45, 7) is -0.426. The molecule has 0 aliphatic carbocycles. The van der Waals surface area contributed by atoms with E-state index in [-0.39, 0.29) is 23.4 Å².